The Balaban J connectivity index is 1.20. The molecule has 1 aromatic carbocycles. The number of aromatic nitrogens is 3. The fourth-order valence-electron chi connectivity index (χ4n) is 3.68. The SMILES string of the molecule is O=C(NCCC(=O)N1CCN(c2ccccn2)CC1)Nc1ccccc1Cn1cccn1. The first-order valence-corrected chi connectivity index (χ1v) is 10.7. The zero-order chi connectivity index (χ0) is 22.2. The standard InChI is InChI=1S/C23H27N7O2/c31-22(29-16-14-28(15-17-29)21-8-3-4-10-24-21)9-12-25-23(32)27-20-7-2-1-6-19(20)18-30-13-5-11-26-30/h1-8,10-11,13H,9,12,14-18H2,(H2,25,27,32). The van der Waals surface area contributed by atoms with Crippen LogP contribution in [0.2, 0.25) is 0 Å². The highest BCUT2D eigenvalue weighted by Crippen LogP contribution is 2.16. The van der Waals surface area contributed by atoms with E-state index in [1.54, 1.807) is 17.1 Å². The summed E-state index contributed by atoms with van der Waals surface area (Å²) < 4.78 is 1.80. The van der Waals surface area contributed by atoms with Gasteiger partial charge in [0.05, 0.1) is 6.54 Å². The van der Waals surface area contributed by atoms with E-state index < -0.39 is 0 Å². The van der Waals surface area contributed by atoms with Crippen LogP contribution in [0.4, 0.5) is 16.3 Å². The van der Waals surface area contributed by atoms with Gasteiger partial charge in [-0.2, -0.15) is 5.10 Å². The van der Waals surface area contributed by atoms with Crippen LogP contribution in [0.1, 0.15) is 12.0 Å². The lowest BCUT2D eigenvalue weighted by atomic mass is 10.2. The second-order valence-corrected chi connectivity index (χ2v) is 7.55. The number of urea groups is 1. The van der Waals surface area contributed by atoms with Gasteiger partial charge >= 0.3 is 6.03 Å². The molecule has 0 unspecified atom stereocenters. The molecule has 0 spiro atoms. The number of amides is 3. The second-order valence-electron chi connectivity index (χ2n) is 7.55. The van der Waals surface area contributed by atoms with Crippen molar-refractivity contribution >= 4 is 23.4 Å². The summed E-state index contributed by atoms with van der Waals surface area (Å²) in [6.45, 7) is 3.66. The number of anilines is 2. The number of carbonyl (C=O) groups is 2. The summed E-state index contributed by atoms with van der Waals surface area (Å²) in [4.78, 5) is 33.3. The molecule has 9 nitrogen and oxygen atoms in total. The maximum absolute atomic E-state index is 12.5. The Hall–Kier alpha value is -3.88. The van der Waals surface area contributed by atoms with E-state index >= 15 is 0 Å². The molecule has 1 aliphatic rings. The fraction of sp³-hybridized carbons (Fsp3) is 0.304. The Kier molecular flexibility index (Phi) is 6.96. The summed E-state index contributed by atoms with van der Waals surface area (Å²) in [6, 6.07) is 15.0. The lowest BCUT2D eigenvalue weighted by molar-refractivity contribution is -0.131. The Morgan fingerprint density at radius 2 is 1.75 bits per heavy atom. The van der Waals surface area contributed by atoms with Crippen molar-refractivity contribution in [3.05, 3.63) is 72.7 Å². The van der Waals surface area contributed by atoms with Crippen molar-refractivity contribution in [3.63, 3.8) is 0 Å². The van der Waals surface area contributed by atoms with E-state index in [-0.39, 0.29) is 24.9 Å². The van der Waals surface area contributed by atoms with Gasteiger partial charge in [-0.25, -0.2) is 9.78 Å². The summed E-state index contributed by atoms with van der Waals surface area (Å²) in [7, 11) is 0. The van der Waals surface area contributed by atoms with Gasteiger partial charge in [-0.15, -0.1) is 0 Å². The molecule has 1 fully saturated rings. The number of para-hydroxylation sites is 1. The summed E-state index contributed by atoms with van der Waals surface area (Å²) in [5, 5.41) is 9.86. The molecule has 9 heteroatoms. The maximum Gasteiger partial charge on any atom is 0.319 e. The predicted molar refractivity (Wildman–Crippen MR) is 122 cm³/mol. The number of pyridine rings is 1. The average Bonchev–Trinajstić information content (AvgIpc) is 3.34. The van der Waals surface area contributed by atoms with E-state index in [0.29, 0.717) is 19.6 Å². The topological polar surface area (TPSA) is 95.4 Å². The predicted octanol–water partition coefficient (Wildman–Crippen LogP) is 2.19. The van der Waals surface area contributed by atoms with Gasteiger partial charge in [0, 0.05) is 63.4 Å². The van der Waals surface area contributed by atoms with E-state index in [1.807, 2.05) is 59.6 Å². The van der Waals surface area contributed by atoms with E-state index in [4.69, 9.17) is 0 Å². The van der Waals surface area contributed by atoms with Crippen LogP contribution in [0.15, 0.2) is 67.1 Å². The Bertz CT molecular complexity index is 1020. The van der Waals surface area contributed by atoms with Crippen LogP contribution < -0.4 is 15.5 Å². The van der Waals surface area contributed by atoms with Gasteiger partial charge in [0.1, 0.15) is 5.82 Å². The van der Waals surface area contributed by atoms with Crippen LogP contribution in [0, 0.1) is 0 Å². The summed E-state index contributed by atoms with van der Waals surface area (Å²) in [5.41, 5.74) is 1.67. The van der Waals surface area contributed by atoms with Crippen LogP contribution in [-0.4, -0.2) is 64.3 Å². The zero-order valence-electron chi connectivity index (χ0n) is 17.9. The Morgan fingerprint density at radius 1 is 0.938 bits per heavy atom. The zero-order valence-corrected chi connectivity index (χ0v) is 17.9. The number of hydrogen-bond donors (Lipinski definition) is 2. The molecular formula is C23H27N7O2. The molecule has 32 heavy (non-hydrogen) atoms. The summed E-state index contributed by atoms with van der Waals surface area (Å²) in [5.74, 6) is 0.982. The molecule has 0 aliphatic carbocycles. The number of carbonyl (C=O) groups excluding carboxylic acids is 2. The lowest BCUT2D eigenvalue weighted by Gasteiger charge is -2.35. The molecule has 2 N–H and O–H groups in total. The number of nitrogens with zero attached hydrogens (tertiary/aromatic N) is 5. The number of benzene rings is 1. The molecule has 0 atom stereocenters. The van der Waals surface area contributed by atoms with Crippen molar-refractivity contribution in [2.24, 2.45) is 0 Å². The van der Waals surface area contributed by atoms with E-state index in [2.05, 4.69) is 25.6 Å². The third kappa shape index (κ3) is 5.63. The van der Waals surface area contributed by atoms with Crippen molar-refractivity contribution in [3.8, 4) is 0 Å². The van der Waals surface area contributed by atoms with Gasteiger partial charge in [0.15, 0.2) is 0 Å². The monoisotopic (exact) mass is 433 g/mol. The molecule has 3 aromatic rings. The van der Waals surface area contributed by atoms with Crippen LogP contribution in [0.5, 0.6) is 0 Å². The third-order valence-corrected chi connectivity index (χ3v) is 5.39. The van der Waals surface area contributed by atoms with E-state index in [0.717, 1.165) is 30.2 Å². The number of piperazine rings is 1. The molecule has 166 valence electrons. The second kappa shape index (κ2) is 10.4. The fourth-order valence-corrected chi connectivity index (χ4v) is 3.68. The highest BCUT2D eigenvalue weighted by Gasteiger charge is 2.21. The van der Waals surface area contributed by atoms with Crippen molar-refractivity contribution in [2.75, 3.05) is 42.9 Å². The third-order valence-electron chi connectivity index (χ3n) is 5.39. The molecule has 3 amide bonds. The van der Waals surface area contributed by atoms with Gasteiger partial charge in [0.2, 0.25) is 5.91 Å². The first-order chi connectivity index (χ1) is 15.7. The molecule has 1 saturated heterocycles. The first kappa shape index (κ1) is 21.4. The van der Waals surface area contributed by atoms with E-state index in [1.165, 1.54) is 0 Å². The van der Waals surface area contributed by atoms with Crippen LogP contribution in [0.25, 0.3) is 0 Å². The maximum atomic E-state index is 12.5. The van der Waals surface area contributed by atoms with Gasteiger partial charge in [-0.05, 0) is 29.8 Å². The lowest BCUT2D eigenvalue weighted by Crippen LogP contribution is -2.49. The summed E-state index contributed by atoms with van der Waals surface area (Å²) in [6.07, 6.45) is 5.64. The van der Waals surface area contributed by atoms with Crippen LogP contribution in [0.3, 0.4) is 0 Å². The largest absolute Gasteiger partial charge is 0.353 e. The van der Waals surface area contributed by atoms with Gasteiger partial charge in [0.25, 0.3) is 0 Å². The van der Waals surface area contributed by atoms with Crippen LogP contribution in [-0.2, 0) is 11.3 Å². The quantitative estimate of drug-likeness (QED) is 0.596. The van der Waals surface area contributed by atoms with Gasteiger partial charge in [-0.3, -0.25) is 9.48 Å². The summed E-state index contributed by atoms with van der Waals surface area (Å²) >= 11 is 0. The Morgan fingerprint density at radius 3 is 2.50 bits per heavy atom. The molecular weight excluding hydrogens is 406 g/mol. The molecule has 3 heterocycles. The van der Waals surface area contributed by atoms with Crippen molar-refractivity contribution in [2.45, 2.75) is 13.0 Å². The molecule has 0 saturated carbocycles. The minimum absolute atomic E-state index is 0.0463. The molecule has 0 radical (unpaired) electrons. The van der Waals surface area contributed by atoms with Gasteiger partial charge < -0.3 is 20.4 Å². The first-order valence-electron chi connectivity index (χ1n) is 10.7. The minimum Gasteiger partial charge on any atom is -0.353 e. The molecule has 4 rings (SSSR count). The molecule has 1 aliphatic heterocycles. The van der Waals surface area contributed by atoms with Crippen LogP contribution >= 0.6 is 0 Å². The number of nitrogens with one attached hydrogen (secondary N) is 2. The number of hydrogen-bond acceptors (Lipinski definition) is 5. The van der Waals surface area contributed by atoms with E-state index in [9.17, 15) is 9.59 Å². The smallest absolute Gasteiger partial charge is 0.319 e. The highest BCUT2D eigenvalue weighted by atomic mass is 16.2. The van der Waals surface area contributed by atoms with Gasteiger partial charge in [-0.1, -0.05) is 24.3 Å². The normalized spacial score (nSPS) is 13.6. The average molecular weight is 434 g/mol. The minimum atomic E-state index is -0.328. The highest BCUT2D eigenvalue weighted by molar-refractivity contribution is 5.90. The molecule has 2 aromatic heterocycles. The van der Waals surface area contributed by atoms with Crippen molar-refractivity contribution in [1.82, 2.24) is 25.0 Å². The van der Waals surface area contributed by atoms with Crippen molar-refractivity contribution < 1.29 is 9.59 Å². The molecule has 0 bridgehead atoms. The number of rotatable bonds is 7. The Labute approximate surface area is 187 Å². The van der Waals surface area contributed by atoms with Crippen molar-refractivity contribution in [1.29, 1.82) is 0 Å².